The van der Waals surface area contributed by atoms with E-state index in [0.717, 1.165) is 162 Å². The number of unbranched alkanes of at least 4 members (excludes halogenated alkanes) is 12. The van der Waals surface area contributed by atoms with E-state index in [2.05, 4.69) is 72.7 Å². The summed E-state index contributed by atoms with van der Waals surface area (Å²) in [6.45, 7) is 68.0. The molecule has 0 aliphatic carbocycles. The van der Waals surface area contributed by atoms with Gasteiger partial charge in [0.1, 0.15) is 0 Å². The minimum absolute atomic E-state index is 0.0108. The molecule has 0 aromatic heterocycles. The molecule has 0 aliphatic heterocycles. The molecule has 826 valence electrons. The van der Waals surface area contributed by atoms with E-state index in [9.17, 15) is 92.6 Å². The highest BCUT2D eigenvalue weighted by Crippen LogP contribution is 2.20. The average molecular weight is 2190 g/mol. The number of aryl methyl sites for hydroxylation is 6. The molecule has 3 rings (SSSR count). The summed E-state index contributed by atoms with van der Waals surface area (Å²) in [6.07, 6.45) is 17.8. The molecule has 0 atom stereocenters. The zero-order valence-corrected chi connectivity index (χ0v) is 101. The normalized spacial score (nSPS) is 12.6. The zero-order valence-electron chi connectivity index (χ0n) is 92.1. The van der Waals surface area contributed by atoms with Crippen molar-refractivity contribution in [1.82, 2.24) is 51.9 Å². The van der Waals surface area contributed by atoms with E-state index in [0.29, 0.717) is 27.8 Å². The summed E-state index contributed by atoms with van der Waals surface area (Å²) in [6, 6.07) is 15.8. The van der Waals surface area contributed by atoms with Crippen LogP contribution in [0.15, 0.2) is 69.3 Å². The van der Waals surface area contributed by atoms with Gasteiger partial charge in [-0.3, -0.25) is 0 Å². The van der Waals surface area contributed by atoms with Gasteiger partial charge in [-0.05, 0) is 299 Å². The molecule has 3 aromatic carbocycles. The smallest absolute Gasteiger partial charge is 0.218 e. The van der Waals surface area contributed by atoms with Crippen LogP contribution < -0.4 is 51.9 Å². The molecule has 0 saturated carbocycles. The van der Waals surface area contributed by atoms with E-state index in [-0.39, 0.29) is 86.1 Å². The average Bonchev–Trinajstić information content (AvgIpc) is 0.836. The molecule has 0 bridgehead atoms. The van der Waals surface area contributed by atoms with Gasteiger partial charge in [-0.25, -0.2) is 145 Å². The number of hydrogen-bond acceptors (Lipinski definition) is 22. The number of nitrogens with one attached hydrogen (secondary N) is 11. The van der Waals surface area contributed by atoms with Gasteiger partial charge < -0.3 is 0 Å². The van der Waals surface area contributed by atoms with Crippen molar-refractivity contribution in [2.24, 2.45) is 10.8 Å². The van der Waals surface area contributed by atoms with E-state index in [4.69, 9.17) is 0 Å². The summed E-state index contributed by atoms with van der Waals surface area (Å²) in [5, 5.41) is 0. The molecule has 0 spiro atoms. The first-order valence-corrected chi connectivity index (χ1v) is 65.8. The Balaban J connectivity index is -0.000000225. The number of benzene rings is 3. The van der Waals surface area contributed by atoms with Crippen molar-refractivity contribution in [1.29, 1.82) is 0 Å². The summed E-state index contributed by atoms with van der Waals surface area (Å²) in [4.78, 5) is 1.00. The van der Waals surface area contributed by atoms with Gasteiger partial charge in [-0.2, -0.15) is 0 Å². The predicted octanol–water partition coefficient (Wildman–Crippen LogP) is 16.6. The van der Waals surface area contributed by atoms with Gasteiger partial charge >= 0.3 is 0 Å². The summed E-state index contributed by atoms with van der Waals surface area (Å²) < 4.78 is 276. The molecule has 0 amide bonds. The van der Waals surface area contributed by atoms with Crippen LogP contribution in [0.2, 0.25) is 0 Å². The zero-order chi connectivity index (χ0) is 110. The van der Waals surface area contributed by atoms with Crippen LogP contribution >= 0.6 is 0 Å². The monoisotopic (exact) mass is 2180 g/mol. The maximum absolute atomic E-state index is 12.0. The molecule has 3 aromatic rings. The standard InChI is InChI=1S/C12H19NO2S.C11H17NO2S.C10H23NO2S.C9H13NO2S.2C9H21NO2S.2C8H19NO2S.C7H17NO2S.C6H15NO2S.C5H13NO2S/c1-9-6-10(2)8-11(7-9)16(14,15)13-12(3,4)5;1-8(2)12-15(13,14)11-6-9(3)5-10(4)7-11;1-5-6-7-8-14(12,13)11-9-10(2,3)4;1-7-4-8(2)6-9(5-7)13(11,12)10-3;1-5-6-7-13(11,12)10-8-9(2,3)4;1-5-6-7-8-13(11,12)10-9(2,3)4;1-5-6-7-12(10,11)9-8(2,3)4;1-4-5-6-7-12(10,11)9-8(2)3;1-4-5-6-11(9,10)8-7(2)3;1-3-4-5-6-10(8,9)7-2;1-3-4-5-9(7,8)6-2/h6-8,13H,1-5H3;5-8,12H,1-4H3;11H,5-9H2,1-4H3;4-6,10H,1-3H3;2*10H,5-8H2,1-4H3;9H,5-7H2,1-4H3;8-9H,4-7H2,1-3H3;7-8H,4-6H2,1-3H3;7H,3-6H2,1-2H3;6H,3-5H2,1-2H3. The highest BCUT2D eigenvalue weighted by Gasteiger charge is 2.25. The predicted molar refractivity (Wildman–Crippen MR) is 583 cm³/mol. The first-order chi connectivity index (χ1) is 62.1. The van der Waals surface area contributed by atoms with Gasteiger partial charge in [-0.1, -0.05) is 192 Å². The third-order valence-electron chi connectivity index (χ3n) is 16.8. The maximum atomic E-state index is 12.0. The lowest BCUT2D eigenvalue weighted by atomic mass is 9.98. The Morgan fingerprint density at radius 3 is 0.638 bits per heavy atom. The van der Waals surface area contributed by atoms with Crippen molar-refractivity contribution in [3.05, 3.63) is 88.0 Å². The Morgan fingerprint density at radius 1 is 0.225 bits per heavy atom. The number of sulfonamides is 11. The SMILES string of the molecule is CCCCCS(=O)(=O)NC.CCCCCS(=O)(=O)NC(C)(C)C.CCCCCS(=O)(=O)NC(C)C.CCCCCS(=O)(=O)NCC(C)(C)C.CCCCS(=O)(=O)NC.CCCCS(=O)(=O)NC(C)(C)C.CCCCS(=O)(=O)NC(C)C.CCCCS(=O)(=O)NCC(C)(C)C.CNS(=O)(=O)c1cc(C)cc(C)c1.Cc1cc(C)cc(S(=O)(=O)NC(C)(C)C)c1.Cc1cc(C)cc(S(=O)(=O)NC(C)C)c1. The Morgan fingerprint density at radius 2 is 0.420 bits per heavy atom. The van der Waals surface area contributed by atoms with Crippen molar-refractivity contribution < 1.29 is 92.6 Å². The van der Waals surface area contributed by atoms with Crippen LogP contribution in [0.5, 0.6) is 0 Å². The van der Waals surface area contributed by atoms with Crippen LogP contribution in [0.25, 0.3) is 0 Å². The molecule has 0 fully saturated rings. The van der Waals surface area contributed by atoms with E-state index >= 15 is 0 Å². The molecule has 0 aliphatic rings. The first kappa shape index (κ1) is 150. The fraction of sp³-hybridized carbons (Fsp3) is 0.809. The second-order valence-electron chi connectivity index (χ2n) is 40.5. The third-order valence-corrected chi connectivity index (χ3v) is 34.1. The Hall–Kier alpha value is -3.33. The van der Waals surface area contributed by atoms with Crippen LogP contribution in [0, 0.1) is 52.4 Å². The molecule has 0 saturated heterocycles. The second kappa shape index (κ2) is 73.7. The van der Waals surface area contributed by atoms with E-state index < -0.39 is 116 Å². The molecule has 44 heteroatoms. The summed E-state index contributed by atoms with van der Waals surface area (Å²) in [7, 11) is -29.8. The van der Waals surface area contributed by atoms with Crippen LogP contribution in [0.4, 0.5) is 0 Å². The fourth-order valence-electron chi connectivity index (χ4n) is 10.6. The van der Waals surface area contributed by atoms with Crippen molar-refractivity contribution in [2.75, 3.05) is 80.3 Å². The molecule has 138 heavy (non-hydrogen) atoms. The van der Waals surface area contributed by atoms with E-state index in [1.54, 1.807) is 50.2 Å². The topological polar surface area (TPSA) is 508 Å². The maximum Gasteiger partial charge on any atom is 0.241 e. The minimum Gasteiger partial charge on any atom is -0.218 e. The molecular formula is C94H197N11O22S11. The number of hydrogen-bond donors (Lipinski definition) is 11. The van der Waals surface area contributed by atoms with Crippen molar-refractivity contribution in [3.8, 4) is 0 Å². The fourth-order valence-corrected chi connectivity index (χ4v) is 25.3. The van der Waals surface area contributed by atoms with Crippen molar-refractivity contribution >= 4 is 110 Å². The van der Waals surface area contributed by atoms with Gasteiger partial charge in [0.05, 0.1) is 60.7 Å². The van der Waals surface area contributed by atoms with Gasteiger partial charge in [0.15, 0.2) is 0 Å². The Kier molecular flexibility index (Phi) is 80.1. The first-order valence-electron chi connectivity index (χ1n) is 48.2. The lowest BCUT2D eigenvalue weighted by molar-refractivity contribution is 0.407. The summed E-state index contributed by atoms with van der Waals surface area (Å²) in [5.74, 6) is 2.02. The molecule has 11 N–H and O–H groups in total. The summed E-state index contributed by atoms with van der Waals surface area (Å²) in [5.41, 5.74) is 4.58. The molecule has 33 nitrogen and oxygen atoms in total. The number of rotatable bonds is 47. The largest absolute Gasteiger partial charge is 0.241 e. The molecule has 0 heterocycles. The van der Waals surface area contributed by atoms with Crippen molar-refractivity contribution in [2.45, 2.75) is 420 Å². The minimum atomic E-state index is -3.41. The highest BCUT2D eigenvalue weighted by molar-refractivity contribution is 7.92. The molecule has 0 unspecified atom stereocenters. The van der Waals surface area contributed by atoms with E-state index in [1.165, 1.54) is 21.1 Å². The van der Waals surface area contributed by atoms with Crippen LogP contribution in [-0.4, -0.2) is 208 Å². The van der Waals surface area contributed by atoms with Crippen LogP contribution in [-0.2, 0) is 110 Å². The van der Waals surface area contributed by atoms with Crippen LogP contribution in [0.3, 0.4) is 0 Å². The molecule has 0 radical (unpaired) electrons. The quantitative estimate of drug-likeness (QED) is 0.0234. The van der Waals surface area contributed by atoms with Crippen molar-refractivity contribution in [3.63, 3.8) is 0 Å². The van der Waals surface area contributed by atoms with Crippen LogP contribution in [0.1, 0.15) is 363 Å². The highest BCUT2D eigenvalue weighted by atomic mass is 32.2. The van der Waals surface area contributed by atoms with Gasteiger partial charge in [0.25, 0.3) is 0 Å². The van der Waals surface area contributed by atoms with Gasteiger partial charge in [0, 0.05) is 47.8 Å². The molecular weight excluding hydrogens is 1990 g/mol. The Labute approximate surface area is 847 Å². The lowest BCUT2D eigenvalue weighted by Crippen LogP contribution is -2.41. The summed E-state index contributed by atoms with van der Waals surface area (Å²) >= 11 is 0. The van der Waals surface area contributed by atoms with Gasteiger partial charge in [-0.15, -0.1) is 0 Å². The van der Waals surface area contributed by atoms with Gasteiger partial charge in [0.2, 0.25) is 110 Å². The Bertz CT molecular complexity index is 5050. The lowest BCUT2D eigenvalue weighted by Gasteiger charge is -2.20. The second-order valence-corrected chi connectivity index (χ2v) is 61.2. The third kappa shape index (κ3) is 101. The van der Waals surface area contributed by atoms with E-state index in [1.807, 2.05) is 226 Å².